The van der Waals surface area contributed by atoms with Crippen LogP contribution in [-0.2, 0) is 0 Å². The number of benzene rings is 1. The van der Waals surface area contributed by atoms with Crippen molar-refractivity contribution in [3.63, 3.8) is 0 Å². The van der Waals surface area contributed by atoms with Crippen molar-refractivity contribution in [1.29, 1.82) is 0 Å². The van der Waals surface area contributed by atoms with Crippen molar-refractivity contribution < 1.29 is 4.79 Å². The molecule has 1 amide bonds. The lowest BCUT2D eigenvalue weighted by atomic mass is 10.0. The third-order valence-corrected chi connectivity index (χ3v) is 3.70. The number of rotatable bonds is 3. The first kappa shape index (κ1) is 13.1. The fourth-order valence-corrected chi connectivity index (χ4v) is 2.54. The minimum atomic E-state index is -0.241. The lowest BCUT2D eigenvalue weighted by molar-refractivity contribution is 0.0954. The fourth-order valence-electron chi connectivity index (χ4n) is 2.32. The van der Waals surface area contributed by atoms with Gasteiger partial charge in [0, 0.05) is 5.71 Å². The minimum absolute atomic E-state index is 0.241. The molecule has 18 heavy (non-hydrogen) atoms. The van der Waals surface area contributed by atoms with Gasteiger partial charge in [-0.1, -0.05) is 30.7 Å². The van der Waals surface area contributed by atoms with E-state index < -0.39 is 0 Å². The third-order valence-electron chi connectivity index (χ3n) is 3.37. The highest BCUT2D eigenvalue weighted by Crippen LogP contribution is 2.25. The van der Waals surface area contributed by atoms with Crippen LogP contribution < -0.4 is 5.43 Å². The molecule has 1 aliphatic rings. The van der Waals surface area contributed by atoms with Gasteiger partial charge in [-0.3, -0.25) is 4.79 Å². The molecule has 0 unspecified atom stereocenters. The molecular weight excluding hydrogens is 248 g/mol. The molecule has 0 radical (unpaired) electrons. The molecule has 3 nitrogen and oxygen atoms in total. The SMILES string of the molecule is CC[C@@H]1CCC/C1=N/NC(=O)c1ccccc1Cl. The molecule has 96 valence electrons. The fraction of sp³-hybridized carbons (Fsp3) is 0.429. The van der Waals surface area contributed by atoms with Gasteiger partial charge in [-0.15, -0.1) is 0 Å². The molecule has 0 aromatic heterocycles. The van der Waals surface area contributed by atoms with Gasteiger partial charge in [0.2, 0.25) is 0 Å². The maximum Gasteiger partial charge on any atom is 0.272 e. The van der Waals surface area contributed by atoms with Crippen LogP contribution in [-0.4, -0.2) is 11.6 Å². The van der Waals surface area contributed by atoms with Crippen LogP contribution in [0.4, 0.5) is 0 Å². The van der Waals surface area contributed by atoms with Gasteiger partial charge in [0.15, 0.2) is 0 Å². The van der Waals surface area contributed by atoms with E-state index in [9.17, 15) is 4.79 Å². The normalized spacial score (nSPS) is 21.2. The third kappa shape index (κ3) is 2.91. The molecule has 1 saturated carbocycles. The van der Waals surface area contributed by atoms with Crippen LogP contribution in [0.15, 0.2) is 29.4 Å². The average Bonchev–Trinajstić information content (AvgIpc) is 2.84. The zero-order valence-corrected chi connectivity index (χ0v) is 11.2. The van der Waals surface area contributed by atoms with Gasteiger partial charge < -0.3 is 0 Å². The quantitative estimate of drug-likeness (QED) is 0.832. The van der Waals surface area contributed by atoms with Gasteiger partial charge in [-0.2, -0.15) is 5.10 Å². The predicted molar refractivity (Wildman–Crippen MR) is 74.0 cm³/mol. The summed E-state index contributed by atoms with van der Waals surface area (Å²) in [5.74, 6) is 0.284. The van der Waals surface area contributed by atoms with E-state index in [1.807, 2.05) is 0 Å². The van der Waals surface area contributed by atoms with Gasteiger partial charge in [0.25, 0.3) is 5.91 Å². The molecule has 0 aliphatic heterocycles. The minimum Gasteiger partial charge on any atom is -0.267 e. The van der Waals surface area contributed by atoms with Gasteiger partial charge in [-0.05, 0) is 43.7 Å². The lowest BCUT2D eigenvalue weighted by Gasteiger charge is -2.08. The summed E-state index contributed by atoms with van der Waals surface area (Å²) in [7, 11) is 0. The molecule has 1 fully saturated rings. The molecule has 0 spiro atoms. The molecule has 1 aliphatic carbocycles. The number of nitrogens with one attached hydrogen (secondary N) is 1. The number of carbonyl (C=O) groups is 1. The van der Waals surface area contributed by atoms with Crippen molar-refractivity contribution in [2.75, 3.05) is 0 Å². The van der Waals surface area contributed by atoms with Crippen LogP contribution in [0, 0.1) is 5.92 Å². The smallest absolute Gasteiger partial charge is 0.267 e. The first-order chi connectivity index (χ1) is 8.72. The van der Waals surface area contributed by atoms with Crippen LogP contribution >= 0.6 is 11.6 Å². The highest BCUT2D eigenvalue weighted by atomic mass is 35.5. The Morgan fingerprint density at radius 2 is 2.28 bits per heavy atom. The topological polar surface area (TPSA) is 41.5 Å². The summed E-state index contributed by atoms with van der Waals surface area (Å²) in [5, 5.41) is 4.70. The van der Waals surface area contributed by atoms with Crippen LogP contribution in [0.1, 0.15) is 43.0 Å². The van der Waals surface area contributed by atoms with Crippen molar-refractivity contribution in [2.24, 2.45) is 11.0 Å². The van der Waals surface area contributed by atoms with Gasteiger partial charge >= 0.3 is 0 Å². The second kappa shape index (κ2) is 6.01. The Bertz CT molecular complexity index is 471. The molecule has 2 rings (SSSR count). The Labute approximate surface area is 112 Å². The zero-order valence-electron chi connectivity index (χ0n) is 10.4. The molecule has 4 heteroatoms. The summed E-state index contributed by atoms with van der Waals surface area (Å²) in [4.78, 5) is 11.9. The number of carbonyl (C=O) groups excluding carboxylic acids is 1. The van der Waals surface area contributed by atoms with E-state index in [1.165, 1.54) is 12.8 Å². The van der Waals surface area contributed by atoms with E-state index in [0.717, 1.165) is 18.6 Å². The number of halogens is 1. The number of nitrogens with zero attached hydrogens (tertiary/aromatic N) is 1. The van der Waals surface area contributed by atoms with Gasteiger partial charge in [0.05, 0.1) is 10.6 Å². The maximum absolute atomic E-state index is 11.9. The van der Waals surface area contributed by atoms with E-state index in [0.29, 0.717) is 16.5 Å². The van der Waals surface area contributed by atoms with Crippen LogP contribution in [0.3, 0.4) is 0 Å². The van der Waals surface area contributed by atoms with E-state index in [-0.39, 0.29) is 5.91 Å². The van der Waals surface area contributed by atoms with Crippen molar-refractivity contribution in [1.82, 2.24) is 5.43 Å². The molecule has 0 heterocycles. The van der Waals surface area contributed by atoms with Crippen molar-refractivity contribution in [2.45, 2.75) is 32.6 Å². The lowest BCUT2D eigenvalue weighted by Crippen LogP contribution is -2.21. The van der Waals surface area contributed by atoms with E-state index in [2.05, 4.69) is 17.5 Å². The molecule has 1 aromatic carbocycles. The number of amides is 1. The summed E-state index contributed by atoms with van der Waals surface area (Å²) in [6.07, 6.45) is 4.42. The van der Waals surface area contributed by atoms with Crippen LogP contribution in [0.25, 0.3) is 0 Å². The highest BCUT2D eigenvalue weighted by Gasteiger charge is 2.21. The Kier molecular flexibility index (Phi) is 4.37. The molecule has 0 bridgehead atoms. The first-order valence-electron chi connectivity index (χ1n) is 6.33. The Morgan fingerprint density at radius 1 is 1.50 bits per heavy atom. The summed E-state index contributed by atoms with van der Waals surface area (Å²) < 4.78 is 0. The first-order valence-corrected chi connectivity index (χ1v) is 6.71. The Balaban J connectivity index is 2.04. The Hall–Kier alpha value is -1.35. The van der Waals surface area contributed by atoms with Crippen LogP contribution in [0.2, 0.25) is 5.02 Å². The summed E-state index contributed by atoms with van der Waals surface area (Å²) in [6.45, 7) is 2.15. The molecular formula is C14H17ClN2O. The summed E-state index contributed by atoms with van der Waals surface area (Å²) >= 11 is 5.96. The predicted octanol–water partition coefficient (Wildman–Crippen LogP) is 3.64. The van der Waals surface area contributed by atoms with Crippen molar-refractivity contribution in [3.05, 3.63) is 34.9 Å². The molecule has 1 aromatic rings. The second-order valence-corrected chi connectivity index (χ2v) is 4.93. The Morgan fingerprint density at radius 3 is 3.00 bits per heavy atom. The van der Waals surface area contributed by atoms with Gasteiger partial charge in [-0.25, -0.2) is 5.43 Å². The maximum atomic E-state index is 11.9. The molecule has 1 atom stereocenters. The summed E-state index contributed by atoms with van der Waals surface area (Å²) in [6, 6.07) is 6.99. The van der Waals surface area contributed by atoms with Crippen molar-refractivity contribution in [3.8, 4) is 0 Å². The van der Waals surface area contributed by atoms with Crippen LogP contribution in [0.5, 0.6) is 0 Å². The van der Waals surface area contributed by atoms with E-state index in [1.54, 1.807) is 24.3 Å². The number of hydrogen-bond donors (Lipinski definition) is 1. The largest absolute Gasteiger partial charge is 0.272 e. The molecule has 0 saturated heterocycles. The highest BCUT2D eigenvalue weighted by molar-refractivity contribution is 6.33. The monoisotopic (exact) mass is 264 g/mol. The van der Waals surface area contributed by atoms with E-state index in [4.69, 9.17) is 11.6 Å². The second-order valence-electron chi connectivity index (χ2n) is 4.52. The molecule has 1 N–H and O–H groups in total. The zero-order chi connectivity index (χ0) is 13.0. The van der Waals surface area contributed by atoms with E-state index >= 15 is 0 Å². The standard InChI is InChI=1S/C14H17ClN2O/c1-2-10-6-5-9-13(10)16-17-14(18)11-7-3-4-8-12(11)15/h3-4,7-8,10H,2,5-6,9H2,1H3,(H,17,18)/b16-13-/t10-/m1/s1. The summed E-state index contributed by atoms with van der Waals surface area (Å²) in [5.41, 5.74) is 4.19. The number of hydrogen-bond acceptors (Lipinski definition) is 2. The van der Waals surface area contributed by atoms with Gasteiger partial charge in [0.1, 0.15) is 0 Å². The average molecular weight is 265 g/mol. The number of hydrazone groups is 1. The van der Waals surface area contributed by atoms with Crippen molar-refractivity contribution >= 4 is 23.2 Å².